The van der Waals surface area contributed by atoms with E-state index in [-0.39, 0.29) is 5.91 Å². The van der Waals surface area contributed by atoms with Gasteiger partial charge in [-0.15, -0.1) is 0 Å². The molecule has 5 heteroatoms. The van der Waals surface area contributed by atoms with Gasteiger partial charge in [0.25, 0.3) is 0 Å². The fraction of sp³-hybridized carbons (Fsp3) is 0.739. The van der Waals surface area contributed by atoms with Crippen LogP contribution in [-0.4, -0.2) is 52.7 Å². The number of nitrogens with zero attached hydrogens (tertiary/aromatic N) is 4. The third-order valence-corrected chi connectivity index (χ3v) is 6.71. The van der Waals surface area contributed by atoms with Crippen LogP contribution in [0, 0.1) is 11.8 Å². The van der Waals surface area contributed by atoms with Crippen molar-refractivity contribution < 1.29 is 4.79 Å². The van der Waals surface area contributed by atoms with Gasteiger partial charge in [-0.2, -0.15) is 5.10 Å². The summed E-state index contributed by atoms with van der Waals surface area (Å²) in [5, 5.41) is 4.77. The van der Waals surface area contributed by atoms with Crippen molar-refractivity contribution in [3.05, 3.63) is 29.6 Å². The van der Waals surface area contributed by atoms with Crippen LogP contribution in [0.2, 0.25) is 0 Å². The minimum atomic E-state index is 0.0941. The molecule has 0 aliphatic heterocycles. The van der Waals surface area contributed by atoms with E-state index >= 15 is 0 Å². The monoisotopic (exact) mass is 386 g/mol. The molecule has 1 fully saturated rings. The maximum Gasteiger partial charge on any atom is 0.219 e. The van der Waals surface area contributed by atoms with Gasteiger partial charge in [-0.1, -0.05) is 12.2 Å². The van der Waals surface area contributed by atoms with E-state index in [9.17, 15) is 4.79 Å². The van der Waals surface area contributed by atoms with Crippen LogP contribution in [0.1, 0.15) is 69.2 Å². The molecule has 0 N–H and O–H groups in total. The average Bonchev–Trinajstić information content (AvgIpc) is 3.03. The smallest absolute Gasteiger partial charge is 0.219 e. The Bertz CT molecular complexity index is 672. The first kappa shape index (κ1) is 21.1. The summed E-state index contributed by atoms with van der Waals surface area (Å²) in [6, 6.07) is 2.22. The second kappa shape index (κ2) is 9.73. The number of carbonyl (C=O) groups is 1. The van der Waals surface area contributed by atoms with Crippen molar-refractivity contribution in [3.8, 4) is 0 Å². The lowest BCUT2D eigenvalue weighted by molar-refractivity contribution is -0.128. The Balaban J connectivity index is 1.46. The first-order chi connectivity index (χ1) is 13.4. The number of aryl methyl sites for hydroxylation is 1. The van der Waals surface area contributed by atoms with E-state index in [0.29, 0.717) is 12.5 Å². The minimum absolute atomic E-state index is 0.0941. The highest BCUT2D eigenvalue weighted by atomic mass is 16.2. The Morgan fingerprint density at radius 1 is 1.11 bits per heavy atom. The van der Waals surface area contributed by atoms with Crippen LogP contribution in [-0.2, 0) is 18.4 Å². The van der Waals surface area contributed by atoms with Crippen LogP contribution in [0.4, 0.5) is 0 Å². The molecular weight excluding hydrogens is 348 g/mol. The van der Waals surface area contributed by atoms with E-state index in [1.807, 2.05) is 18.8 Å². The molecule has 1 amide bonds. The SMILES string of the molecule is CC(=O)N(C)Cc1cc(C2CCC(CN(C)C[C@H]3CC=CCC3)CC2)nn1C. The Morgan fingerprint density at radius 3 is 2.46 bits per heavy atom. The maximum absolute atomic E-state index is 11.5. The number of allylic oxidation sites excluding steroid dienone is 2. The first-order valence-electron chi connectivity index (χ1n) is 11.0. The molecular formula is C23H38N4O. The Hall–Kier alpha value is -1.62. The van der Waals surface area contributed by atoms with Gasteiger partial charge in [0.05, 0.1) is 17.9 Å². The standard InChI is InChI=1S/C23H38N4O/c1-18(28)26(3)17-22-14-23(24-27(22)4)21-12-10-20(11-13-21)16-25(2)15-19-8-6-5-7-9-19/h5-6,14,19-21H,7-13,15-17H2,1-4H3/t19-,20?,21?/m0/s1. The summed E-state index contributed by atoms with van der Waals surface area (Å²) in [6.07, 6.45) is 13.7. The molecule has 28 heavy (non-hydrogen) atoms. The fourth-order valence-corrected chi connectivity index (χ4v) is 4.85. The molecule has 2 aliphatic carbocycles. The van der Waals surface area contributed by atoms with Crippen LogP contribution in [0.15, 0.2) is 18.2 Å². The Kier molecular flexibility index (Phi) is 7.33. The second-order valence-electron chi connectivity index (χ2n) is 9.15. The fourth-order valence-electron chi connectivity index (χ4n) is 4.85. The van der Waals surface area contributed by atoms with Gasteiger partial charge in [0.15, 0.2) is 0 Å². The number of amides is 1. The molecule has 0 spiro atoms. The molecule has 0 bridgehead atoms. The summed E-state index contributed by atoms with van der Waals surface area (Å²) < 4.78 is 1.95. The van der Waals surface area contributed by atoms with E-state index in [2.05, 4.69) is 30.2 Å². The van der Waals surface area contributed by atoms with Crippen LogP contribution >= 0.6 is 0 Å². The van der Waals surface area contributed by atoms with Crippen LogP contribution in [0.3, 0.4) is 0 Å². The van der Waals surface area contributed by atoms with Crippen molar-refractivity contribution in [3.63, 3.8) is 0 Å². The molecule has 1 aromatic rings. The van der Waals surface area contributed by atoms with E-state index in [1.165, 1.54) is 63.7 Å². The van der Waals surface area contributed by atoms with Crippen molar-refractivity contribution in [2.24, 2.45) is 18.9 Å². The zero-order valence-corrected chi connectivity index (χ0v) is 18.2. The highest BCUT2D eigenvalue weighted by molar-refractivity contribution is 5.72. The summed E-state index contributed by atoms with van der Waals surface area (Å²) >= 11 is 0. The lowest BCUT2D eigenvalue weighted by atomic mass is 9.80. The predicted molar refractivity (Wildman–Crippen MR) is 114 cm³/mol. The van der Waals surface area contributed by atoms with Crippen molar-refractivity contribution >= 4 is 5.91 Å². The number of rotatable bonds is 7. The summed E-state index contributed by atoms with van der Waals surface area (Å²) in [6.45, 7) is 4.73. The molecule has 5 nitrogen and oxygen atoms in total. The van der Waals surface area contributed by atoms with Crippen LogP contribution in [0.5, 0.6) is 0 Å². The first-order valence-corrected chi connectivity index (χ1v) is 11.0. The van der Waals surface area contributed by atoms with E-state index in [0.717, 1.165) is 17.5 Å². The molecule has 0 aromatic carbocycles. The van der Waals surface area contributed by atoms with Gasteiger partial charge >= 0.3 is 0 Å². The number of carbonyl (C=O) groups excluding carboxylic acids is 1. The lowest BCUT2D eigenvalue weighted by Gasteiger charge is -2.32. The summed E-state index contributed by atoms with van der Waals surface area (Å²) in [7, 11) is 6.15. The summed E-state index contributed by atoms with van der Waals surface area (Å²) in [4.78, 5) is 15.8. The average molecular weight is 387 g/mol. The third kappa shape index (κ3) is 5.69. The number of aromatic nitrogens is 2. The second-order valence-corrected chi connectivity index (χ2v) is 9.15. The summed E-state index contributed by atoms with van der Waals surface area (Å²) in [5.74, 6) is 2.35. The van der Waals surface area contributed by atoms with E-state index in [4.69, 9.17) is 5.10 Å². The third-order valence-electron chi connectivity index (χ3n) is 6.71. The Labute approximate surface area is 170 Å². The van der Waals surface area contributed by atoms with E-state index in [1.54, 1.807) is 11.8 Å². The van der Waals surface area contributed by atoms with Crippen LogP contribution < -0.4 is 0 Å². The van der Waals surface area contributed by atoms with Gasteiger partial charge in [-0.3, -0.25) is 9.48 Å². The lowest BCUT2D eigenvalue weighted by Crippen LogP contribution is -2.32. The molecule has 2 aliphatic rings. The van der Waals surface area contributed by atoms with Gasteiger partial charge in [-0.05, 0) is 69.9 Å². The molecule has 0 saturated heterocycles. The molecule has 1 atom stereocenters. The van der Waals surface area contributed by atoms with E-state index < -0.39 is 0 Å². The van der Waals surface area contributed by atoms with Gasteiger partial charge in [0, 0.05) is 40.0 Å². The van der Waals surface area contributed by atoms with Gasteiger partial charge in [0.2, 0.25) is 5.91 Å². The molecule has 156 valence electrons. The van der Waals surface area contributed by atoms with Crippen molar-refractivity contribution in [2.75, 3.05) is 27.2 Å². The predicted octanol–water partition coefficient (Wildman–Crippen LogP) is 3.96. The molecule has 1 aromatic heterocycles. The van der Waals surface area contributed by atoms with Gasteiger partial charge in [0.1, 0.15) is 0 Å². The van der Waals surface area contributed by atoms with Crippen molar-refractivity contribution in [2.45, 2.75) is 64.3 Å². The van der Waals surface area contributed by atoms with Crippen molar-refractivity contribution in [1.29, 1.82) is 0 Å². The highest BCUT2D eigenvalue weighted by Gasteiger charge is 2.26. The normalized spacial score (nSPS) is 25.2. The van der Waals surface area contributed by atoms with Gasteiger partial charge in [-0.25, -0.2) is 0 Å². The highest BCUT2D eigenvalue weighted by Crippen LogP contribution is 2.36. The Morgan fingerprint density at radius 2 is 1.82 bits per heavy atom. The summed E-state index contributed by atoms with van der Waals surface area (Å²) in [5.41, 5.74) is 2.34. The topological polar surface area (TPSA) is 41.4 Å². The molecule has 0 radical (unpaired) electrons. The van der Waals surface area contributed by atoms with Gasteiger partial charge < -0.3 is 9.80 Å². The van der Waals surface area contributed by atoms with Crippen molar-refractivity contribution in [1.82, 2.24) is 19.6 Å². The molecule has 1 heterocycles. The molecule has 1 saturated carbocycles. The number of hydrogen-bond acceptors (Lipinski definition) is 3. The number of hydrogen-bond donors (Lipinski definition) is 0. The molecule has 0 unspecified atom stereocenters. The zero-order valence-electron chi connectivity index (χ0n) is 18.2. The zero-order chi connectivity index (χ0) is 20.1. The minimum Gasteiger partial charge on any atom is -0.340 e. The molecule has 3 rings (SSSR count). The maximum atomic E-state index is 11.5. The van der Waals surface area contributed by atoms with Crippen LogP contribution in [0.25, 0.3) is 0 Å². The largest absolute Gasteiger partial charge is 0.340 e. The quantitative estimate of drug-likeness (QED) is 0.666.